The Labute approximate surface area is 294 Å². The summed E-state index contributed by atoms with van der Waals surface area (Å²) < 4.78 is 43.8. The lowest BCUT2D eigenvalue weighted by molar-refractivity contribution is -0.377. The third-order valence-electron chi connectivity index (χ3n) is 8.68. The second-order valence-corrected chi connectivity index (χ2v) is 12.3. The van der Waals surface area contributed by atoms with Crippen LogP contribution in [0.3, 0.4) is 0 Å². The second kappa shape index (κ2) is 17.9. The lowest BCUT2D eigenvalue weighted by Crippen LogP contribution is -2.78. The molecule has 17 nitrogen and oxygen atoms in total. The monoisotopic (exact) mass is 726 g/mol. The Balaban J connectivity index is 2.12. The number of fused-ring (bicyclic) bond motifs is 2. The Kier molecular flexibility index (Phi) is 14.5. The summed E-state index contributed by atoms with van der Waals surface area (Å²) in [5.41, 5.74) is -6.25. The summed E-state index contributed by atoms with van der Waals surface area (Å²) in [5.74, 6) is -10.2. The smallest absolute Gasteiger partial charge is 0.479 e. The molecule has 0 spiro atoms. The number of esters is 1. The van der Waals surface area contributed by atoms with Gasteiger partial charge in [0.15, 0.2) is 12.2 Å². The molecule has 2 aliphatic heterocycles. The molecule has 2 heterocycles. The maximum absolute atomic E-state index is 13.2. The van der Waals surface area contributed by atoms with Gasteiger partial charge < -0.3 is 58.3 Å². The van der Waals surface area contributed by atoms with E-state index in [1.807, 2.05) is 37.3 Å². The fourth-order valence-corrected chi connectivity index (χ4v) is 6.25. The first-order valence-electron chi connectivity index (χ1n) is 16.3. The van der Waals surface area contributed by atoms with E-state index in [2.05, 4.69) is 6.58 Å². The third-order valence-corrected chi connectivity index (χ3v) is 8.68. The van der Waals surface area contributed by atoms with Gasteiger partial charge in [-0.1, -0.05) is 57.2 Å². The first kappa shape index (κ1) is 41.3. The average Bonchev–Trinajstić information content (AvgIpc) is 3.31. The SMILES string of the molecule is C=C(CCC12OC(C(=O)O)C(O)(C(=O)O)C(C(=O)O)(O1)C(OC(=O)OCCCC)C2OCOCCOC)C(OC(C)=O)C(C)Cc1ccccc1. The minimum absolute atomic E-state index is 0.0381. The zero-order chi connectivity index (χ0) is 38.0. The van der Waals surface area contributed by atoms with Crippen molar-refractivity contribution in [2.75, 3.05) is 33.7 Å². The number of unbranched alkanes of at least 4 members (excludes halogenated alkanes) is 1. The van der Waals surface area contributed by atoms with Crippen LogP contribution in [-0.4, -0.2) is 126 Å². The topological polar surface area (TPSA) is 240 Å². The molecule has 8 atom stereocenters. The minimum Gasteiger partial charge on any atom is -0.479 e. The average molecular weight is 727 g/mol. The van der Waals surface area contributed by atoms with Crippen molar-refractivity contribution in [3.63, 3.8) is 0 Å². The number of benzene rings is 1. The zero-order valence-corrected chi connectivity index (χ0v) is 28.9. The van der Waals surface area contributed by atoms with Crippen molar-refractivity contribution >= 4 is 30.0 Å². The number of carbonyl (C=O) groups is 5. The van der Waals surface area contributed by atoms with E-state index < -0.39 is 84.7 Å². The van der Waals surface area contributed by atoms with E-state index in [4.69, 9.17) is 37.9 Å². The summed E-state index contributed by atoms with van der Waals surface area (Å²) in [6, 6.07) is 9.31. The molecular formula is C34H46O17. The summed E-state index contributed by atoms with van der Waals surface area (Å²) in [5, 5.41) is 42.6. The van der Waals surface area contributed by atoms with Crippen LogP contribution in [0.25, 0.3) is 0 Å². The van der Waals surface area contributed by atoms with Gasteiger partial charge in [-0.2, -0.15) is 0 Å². The Morgan fingerprint density at radius 2 is 1.69 bits per heavy atom. The summed E-state index contributed by atoms with van der Waals surface area (Å²) >= 11 is 0. The predicted molar refractivity (Wildman–Crippen MR) is 171 cm³/mol. The van der Waals surface area contributed by atoms with E-state index >= 15 is 0 Å². The number of hydrogen-bond acceptors (Lipinski definition) is 14. The maximum Gasteiger partial charge on any atom is 0.508 e. The van der Waals surface area contributed by atoms with Crippen molar-refractivity contribution in [2.24, 2.45) is 5.92 Å². The van der Waals surface area contributed by atoms with Gasteiger partial charge in [0.1, 0.15) is 12.9 Å². The van der Waals surface area contributed by atoms with Crippen LogP contribution >= 0.6 is 0 Å². The van der Waals surface area contributed by atoms with Gasteiger partial charge in [-0.25, -0.2) is 19.2 Å². The van der Waals surface area contributed by atoms with Crippen molar-refractivity contribution in [3.05, 3.63) is 48.0 Å². The molecule has 0 radical (unpaired) electrons. The Morgan fingerprint density at radius 3 is 2.25 bits per heavy atom. The van der Waals surface area contributed by atoms with Crippen LogP contribution < -0.4 is 0 Å². The van der Waals surface area contributed by atoms with Gasteiger partial charge in [-0.15, -0.1) is 0 Å². The van der Waals surface area contributed by atoms with Crippen LogP contribution in [0, 0.1) is 5.92 Å². The van der Waals surface area contributed by atoms with Crippen molar-refractivity contribution < 1.29 is 82.3 Å². The first-order chi connectivity index (χ1) is 24.1. The molecule has 4 N–H and O–H groups in total. The number of methoxy groups -OCH3 is 1. The van der Waals surface area contributed by atoms with Crippen LogP contribution in [0.2, 0.25) is 0 Å². The molecule has 1 aromatic carbocycles. The van der Waals surface area contributed by atoms with Crippen molar-refractivity contribution in [1.29, 1.82) is 0 Å². The van der Waals surface area contributed by atoms with Gasteiger partial charge in [0.25, 0.3) is 5.60 Å². The second-order valence-electron chi connectivity index (χ2n) is 12.3. The molecule has 2 aliphatic rings. The van der Waals surface area contributed by atoms with Crippen LogP contribution in [0.5, 0.6) is 0 Å². The number of carboxylic acid groups (broad SMARTS) is 3. The number of carbonyl (C=O) groups excluding carboxylic acids is 2. The first-order valence-corrected chi connectivity index (χ1v) is 16.3. The predicted octanol–water partition coefficient (Wildman–Crippen LogP) is 2.31. The van der Waals surface area contributed by atoms with Gasteiger partial charge in [0.05, 0.1) is 19.8 Å². The third kappa shape index (κ3) is 8.85. The Bertz CT molecular complexity index is 1400. The lowest BCUT2D eigenvalue weighted by atomic mass is 9.74. The molecule has 8 unspecified atom stereocenters. The number of aliphatic carboxylic acids is 3. The molecule has 2 bridgehead atoms. The molecule has 0 saturated carbocycles. The Hall–Kier alpha value is -4.13. The molecule has 0 aliphatic carbocycles. The van der Waals surface area contributed by atoms with Crippen molar-refractivity contribution in [1.82, 2.24) is 0 Å². The fraction of sp³-hybridized carbons (Fsp3) is 0.618. The molecule has 2 saturated heterocycles. The highest BCUT2D eigenvalue weighted by atomic mass is 16.8. The normalized spacial score (nSPS) is 27.9. The highest BCUT2D eigenvalue weighted by molar-refractivity contribution is 5.98. The summed E-state index contributed by atoms with van der Waals surface area (Å²) in [7, 11) is 1.40. The number of rotatable bonds is 21. The molecule has 3 rings (SSSR count). The number of hydrogen-bond donors (Lipinski definition) is 4. The highest BCUT2D eigenvalue weighted by Crippen LogP contribution is 2.57. The molecule has 17 heteroatoms. The van der Waals surface area contributed by atoms with Gasteiger partial charge in [-0.3, -0.25) is 4.79 Å². The van der Waals surface area contributed by atoms with E-state index in [0.717, 1.165) is 5.56 Å². The van der Waals surface area contributed by atoms with Crippen molar-refractivity contribution in [2.45, 2.75) is 94.3 Å². The molecular weight excluding hydrogens is 680 g/mol. The molecule has 51 heavy (non-hydrogen) atoms. The number of ether oxygens (including phenoxy) is 8. The molecule has 1 aromatic rings. The Morgan fingerprint density at radius 1 is 1.00 bits per heavy atom. The minimum atomic E-state index is -3.90. The van der Waals surface area contributed by atoms with Crippen molar-refractivity contribution in [3.8, 4) is 0 Å². The molecule has 0 aromatic heterocycles. The van der Waals surface area contributed by atoms with E-state index in [1.54, 1.807) is 6.92 Å². The molecule has 284 valence electrons. The van der Waals surface area contributed by atoms with E-state index in [0.29, 0.717) is 19.3 Å². The maximum atomic E-state index is 13.2. The van der Waals surface area contributed by atoms with E-state index in [9.17, 15) is 44.4 Å². The fourth-order valence-electron chi connectivity index (χ4n) is 6.25. The number of aliphatic hydroxyl groups is 1. The van der Waals surface area contributed by atoms with Crippen LogP contribution in [0.1, 0.15) is 52.0 Å². The summed E-state index contributed by atoms with van der Waals surface area (Å²) in [6.07, 6.45) is -8.87. The van der Waals surface area contributed by atoms with Gasteiger partial charge in [0, 0.05) is 26.4 Å². The quantitative estimate of drug-likeness (QED) is 0.0615. The standard InChI is InChI=1S/C34H46O17/c1-6-7-15-46-31(42)49-26-25(47-19-45-17-16-44-5)32(50-27(28(36)37)33(43,29(38)39)34(26,51-32)30(40)41)14-13-20(2)24(48-22(4)35)21(3)18-23-11-9-8-10-12-23/h8-12,21,24-27,43H,2,6-7,13-19H2,1,3-5H3,(H,36,37)(H,38,39)(H,40,41). The molecule has 2 fully saturated rings. The van der Waals surface area contributed by atoms with E-state index in [1.165, 1.54) is 14.0 Å². The number of carboxylic acids is 3. The zero-order valence-electron chi connectivity index (χ0n) is 28.9. The summed E-state index contributed by atoms with van der Waals surface area (Å²) in [6.45, 7) is 8.13. The van der Waals surface area contributed by atoms with Crippen LogP contribution in [-0.2, 0) is 63.5 Å². The van der Waals surface area contributed by atoms with E-state index in [-0.39, 0.29) is 37.7 Å². The molecule has 0 amide bonds. The van der Waals surface area contributed by atoms with Gasteiger partial charge in [0.2, 0.25) is 17.5 Å². The largest absolute Gasteiger partial charge is 0.508 e. The van der Waals surface area contributed by atoms with Gasteiger partial charge in [-0.05, 0) is 30.4 Å². The van der Waals surface area contributed by atoms with Gasteiger partial charge >= 0.3 is 30.0 Å². The van der Waals surface area contributed by atoms with Crippen LogP contribution in [0.15, 0.2) is 42.5 Å². The van der Waals surface area contributed by atoms with Crippen LogP contribution in [0.4, 0.5) is 4.79 Å². The lowest BCUT2D eigenvalue weighted by Gasteiger charge is -2.48. The summed E-state index contributed by atoms with van der Waals surface area (Å²) in [4.78, 5) is 63.6. The highest BCUT2D eigenvalue weighted by Gasteiger charge is 2.86.